The van der Waals surface area contributed by atoms with Crippen LogP contribution in [0, 0.1) is 6.92 Å². The Morgan fingerprint density at radius 2 is 1.88 bits per heavy atom. The fraction of sp³-hybridized carbons (Fsp3) is 0.143. The van der Waals surface area contributed by atoms with Crippen LogP contribution >= 0.6 is 0 Å². The summed E-state index contributed by atoms with van der Waals surface area (Å²) in [5.41, 5.74) is 5.80. The van der Waals surface area contributed by atoms with E-state index in [9.17, 15) is 4.79 Å². The van der Waals surface area contributed by atoms with Crippen molar-refractivity contribution < 1.29 is 4.79 Å². The summed E-state index contributed by atoms with van der Waals surface area (Å²) in [6, 6.07) is 19.9. The lowest BCUT2D eigenvalue weighted by molar-refractivity contribution is 0.102. The Bertz CT molecular complexity index is 936. The van der Waals surface area contributed by atoms with Gasteiger partial charge in [0.15, 0.2) is 0 Å². The third-order valence-electron chi connectivity index (χ3n) is 4.57. The smallest absolute Gasteiger partial charge is 0.274 e. The highest BCUT2D eigenvalue weighted by Gasteiger charge is 2.21. The number of fused-ring (bicyclic) bond motifs is 1. The van der Waals surface area contributed by atoms with Gasteiger partial charge in [0.1, 0.15) is 5.69 Å². The van der Waals surface area contributed by atoms with Crippen molar-refractivity contribution in [2.45, 2.75) is 13.3 Å². The minimum atomic E-state index is -0.191. The molecule has 1 amide bonds. The predicted octanol–water partition coefficient (Wildman–Crippen LogP) is 4.34. The lowest BCUT2D eigenvalue weighted by Gasteiger charge is -2.20. The quantitative estimate of drug-likeness (QED) is 0.777. The summed E-state index contributed by atoms with van der Waals surface area (Å²) < 4.78 is 0. The normalized spacial score (nSPS) is 12.8. The van der Waals surface area contributed by atoms with Crippen LogP contribution in [0.2, 0.25) is 0 Å². The molecule has 1 aliphatic rings. The molecule has 124 valence electrons. The van der Waals surface area contributed by atoms with Crippen molar-refractivity contribution in [2.24, 2.45) is 0 Å². The van der Waals surface area contributed by atoms with Crippen LogP contribution in [0.4, 0.5) is 17.1 Å². The number of pyridine rings is 1. The molecule has 4 nitrogen and oxygen atoms in total. The maximum Gasteiger partial charge on any atom is 0.274 e. The van der Waals surface area contributed by atoms with Gasteiger partial charge in [-0.15, -0.1) is 0 Å². The van der Waals surface area contributed by atoms with Gasteiger partial charge in [-0.1, -0.05) is 36.4 Å². The van der Waals surface area contributed by atoms with Crippen LogP contribution in [0.3, 0.4) is 0 Å². The first-order valence-electron chi connectivity index (χ1n) is 8.41. The van der Waals surface area contributed by atoms with E-state index in [-0.39, 0.29) is 5.91 Å². The van der Waals surface area contributed by atoms with E-state index in [1.54, 1.807) is 6.20 Å². The number of nitrogens with one attached hydrogen (secondary N) is 1. The Morgan fingerprint density at radius 3 is 2.76 bits per heavy atom. The van der Waals surface area contributed by atoms with Crippen LogP contribution in [0.1, 0.15) is 21.6 Å². The number of anilines is 3. The number of aromatic nitrogens is 1. The number of aryl methyl sites for hydroxylation is 1. The SMILES string of the molecule is Cc1ccccc1NC(=O)c1cc(N2CCc3ccccc32)ccn1. The van der Waals surface area contributed by atoms with Gasteiger partial charge in [0, 0.05) is 29.8 Å². The molecular weight excluding hydrogens is 310 g/mol. The van der Waals surface area contributed by atoms with Crippen molar-refractivity contribution in [3.05, 3.63) is 83.7 Å². The van der Waals surface area contributed by atoms with Crippen molar-refractivity contribution in [3.63, 3.8) is 0 Å². The second-order valence-electron chi connectivity index (χ2n) is 6.20. The Labute approximate surface area is 147 Å². The second kappa shape index (κ2) is 6.40. The van der Waals surface area contributed by atoms with E-state index in [0.29, 0.717) is 5.69 Å². The molecule has 25 heavy (non-hydrogen) atoms. The highest BCUT2D eigenvalue weighted by molar-refractivity contribution is 6.03. The molecule has 2 heterocycles. The van der Waals surface area contributed by atoms with Crippen LogP contribution in [-0.2, 0) is 6.42 Å². The molecule has 1 aliphatic heterocycles. The van der Waals surface area contributed by atoms with Crippen LogP contribution < -0.4 is 10.2 Å². The third-order valence-corrected chi connectivity index (χ3v) is 4.57. The zero-order valence-corrected chi connectivity index (χ0v) is 14.1. The predicted molar refractivity (Wildman–Crippen MR) is 101 cm³/mol. The number of amides is 1. The van der Waals surface area contributed by atoms with E-state index in [4.69, 9.17) is 0 Å². The van der Waals surface area contributed by atoms with Gasteiger partial charge in [0.05, 0.1) is 0 Å². The minimum Gasteiger partial charge on any atom is -0.341 e. The number of benzene rings is 2. The van der Waals surface area contributed by atoms with Gasteiger partial charge < -0.3 is 10.2 Å². The van der Waals surface area contributed by atoms with Crippen molar-refractivity contribution in [2.75, 3.05) is 16.8 Å². The highest BCUT2D eigenvalue weighted by atomic mass is 16.1. The lowest BCUT2D eigenvalue weighted by Crippen LogP contribution is -2.17. The average Bonchev–Trinajstić information content (AvgIpc) is 3.08. The largest absolute Gasteiger partial charge is 0.341 e. The molecule has 0 aliphatic carbocycles. The number of carbonyl (C=O) groups excluding carboxylic acids is 1. The van der Waals surface area contributed by atoms with Crippen LogP contribution in [-0.4, -0.2) is 17.4 Å². The summed E-state index contributed by atoms with van der Waals surface area (Å²) in [4.78, 5) is 19.1. The number of hydrogen-bond donors (Lipinski definition) is 1. The fourth-order valence-electron chi connectivity index (χ4n) is 3.22. The molecule has 3 aromatic rings. The first-order chi connectivity index (χ1) is 12.2. The summed E-state index contributed by atoms with van der Waals surface area (Å²) in [5.74, 6) is -0.191. The topological polar surface area (TPSA) is 45.2 Å². The highest BCUT2D eigenvalue weighted by Crippen LogP contribution is 2.34. The molecule has 0 saturated carbocycles. The molecule has 4 heteroatoms. The van der Waals surface area contributed by atoms with Crippen molar-refractivity contribution in [1.29, 1.82) is 0 Å². The van der Waals surface area contributed by atoms with E-state index < -0.39 is 0 Å². The van der Waals surface area contributed by atoms with Crippen molar-refractivity contribution in [3.8, 4) is 0 Å². The number of rotatable bonds is 3. The summed E-state index contributed by atoms with van der Waals surface area (Å²) >= 11 is 0. The van der Waals surface area contributed by atoms with Crippen LogP contribution in [0.5, 0.6) is 0 Å². The van der Waals surface area contributed by atoms with Gasteiger partial charge in [0.25, 0.3) is 5.91 Å². The number of carbonyl (C=O) groups is 1. The molecule has 0 atom stereocenters. The summed E-state index contributed by atoms with van der Waals surface area (Å²) in [5, 5.41) is 2.94. The Balaban J connectivity index is 1.60. The maximum atomic E-state index is 12.6. The Hall–Kier alpha value is -3.14. The van der Waals surface area contributed by atoms with Gasteiger partial charge in [0.2, 0.25) is 0 Å². The first kappa shape index (κ1) is 15.4. The molecule has 1 N–H and O–H groups in total. The van der Waals surface area contributed by atoms with E-state index in [1.807, 2.05) is 49.4 Å². The zero-order valence-electron chi connectivity index (χ0n) is 14.1. The van der Waals surface area contributed by atoms with Crippen LogP contribution in [0.15, 0.2) is 66.9 Å². The lowest BCUT2D eigenvalue weighted by atomic mass is 10.2. The first-order valence-corrected chi connectivity index (χ1v) is 8.41. The molecular formula is C21H19N3O. The Morgan fingerprint density at radius 1 is 1.08 bits per heavy atom. The molecule has 0 spiro atoms. The second-order valence-corrected chi connectivity index (χ2v) is 6.20. The summed E-state index contributed by atoms with van der Waals surface area (Å²) in [7, 11) is 0. The molecule has 1 aromatic heterocycles. The Kier molecular flexibility index (Phi) is 3.94. The third kappa shape index (κ3) is 2.98. The minimum absolute atomic E-state index is 0.191. The summed E-state index contributed by atoms with van der Waals surface area (Å²) in [6.07, 6.45) is 2.71. The van der Waals surface area contributed by atoms with Gasteiger partial charge >= 0.3 is 0 Å². The number of para-hydroxylation sites is 2. The molecule has 2 aromatic carbocycles. The molecule has 0 bridgehead atoms. The van der Waals surface area contributed by atoms with E-state index in [1.165, 1.54) is 11.3 Å². The fourth-order valence-corrected chi connectivity index (χ4v) is 3.22. The standard InChI is InChI=1S/C21H19N3O/c1-15-6-2-4-8-18(15)23-21(25)19-14-17(10-12-22-19)24-13-11-16-7-3-5-9-20(16)24/h2-10,12,14H,11,13H2,1H3,(H,23,25). The molecule has 0 unspecified atom stereocenters. The average molecular weight is 329 g/mol. The molecule has 4 rings (SSSR count). The maximum absolute atomic E-state index is 12.6. The molecule has 0 saturated heterocycles. The van der Waals surface area contributed by atoms with E-state index in [0.717, 1.165) is 29.9 Å². The van der Waals surface area contributed by atoms with Gasteiger partial charge in [-0.3, -0.25) is 9.78 Å². The van der Waals surface area contributed by atoms with E-state index >= 15 is 0 Å². The monoisotopic (exact) mass is 329 g/mol. The summed E-state index contributed by atoms with van der Waals surface area (Å²) in [6.45, 7) is 2.89. The van der Waals surface area contributed by atoms with Crippen LogP contribution in [0.25, 0.3) is 0 Å². The molecule has 0 fully saturated rings. The van der Waals surface area contributed by atoms with Gasteiger partial charge in [-0.05, 0) is 48.7 Å². The van der Waals surface area contributed by atoms with Crippen molar-refractivity contribution >= 4 is 23.0 Å². The number of hydrogen-bond acceptors (Lipinski definition) is 3. The van der Waals surface area contributed by atoms with Gasteiger partial charge in [-0.2, -0.15) is 0 Å². The van der Waals surface area contributed by atoms with Crippen molar-refractivity contribution in [1.82, 2.24) is 4.98 Å². The van der Waals surface area contributed by atoms with Gasteiger partial charge in [-0.25, -0.2) is 0 Å². The zero-order chi connectivity index (χ0) is 17.2. The number of nitrogens with zero attached hydrogens (tertiary/aromatic N) is 2. The molecule has 0 radical (unpaired) electrons. The van der Waals surface area contributed by atoms with E-state index in [2.05, 4.69) is 33.4 Å².